The van der Waals surface area contributed by atoms with E-state index in [-0.39, 0.29) is 18.4 Å². The molecule has 1 aromatic heterocycles. The maximum absolute atomic E-state index is 13.9. The first-order valence-electron chi connectivity index (χ1n) is 10.9. The van der Waals surface area contributed by atoms with Crippen LogP contribution in [0.2, 0.25) is 0 Å². The third kappa shape index (κ3) is 5.26. The summed E-state index contributed by atoms with van der Waals surface area (Å²) in [7, 11) is 0. The molecule has 1 aromatic carbocycles. The number of benzene rings is 1. The zero-order valence-electron chi connectivity index (χ0n) is 19.1. The summed E-state index contributed by atoms with van der Waals surface area (Å²) in [6, 6.07) is 4.15. The Balaban J connectivity index is 1.36. The quantitative estimate of drug-likeness (QED) is 0.630. The van der Waals surface area contributed by atoms with Gasteiger partial charge in [0.25, 0.3) is 5.91 Å². The molecule has 9 nitrogen and oxygen atoms in total. The highest BCUT2D eigenvalue weighted by Gasteiger charge is 2.35. The van der Waals surface area contributed by atoms with Gasteiger partial charge < -0.3 is 24.4 Å². The highest BCUT2D eigenvalue weighted by molar-refractivity contribution is 5.99. The molecule has 0 saturated carbocycles. The van der Waals surface area contributed by atoms with E-state index in [9.17, 15) is 18.4 Å². The van der Waals surface area contributed by atoms with Gasteiger partial charge in [-0.05, 0) is 32.4 Å². The van der Waals surface area contributed by atoms with Crippen molar-refractivity contribution in [2.75, 3.05) is 18.5 Å². The van der Waals surface area contributed by atoms with Crippen LogP contribution in [0.3, 0.4) is 0 Å². The molecule has 2 atom stereocenters. The summed E-state index contributed by atoms with van der Waals surface area (Å²) >= 11 is 0. The van der Waals surface area contributed by atoms with E-state index < -0.39 is 41.0 Å². The van der Waals surface area contributed by atoms with Crippen LogP contribution in [0, 0.1) is 11.6 Å². The number of halogens is 2. The Morgan fingerprint density at radius 3 is 2.71 bits per heavy atom. The molecule has 0 aliphatic carbocycles. The SMILES string of the molecule is CC[C@@H](C(=O)Nc1ccn(C[C@@H]2COC(C)(C)O2)n1)N1CC(Oc2c(F)cccc2F)=CC1=O. The number of nitrogens with one attached hydrogen (secondary N) is 1. The smallest absolute Gasteiger partial charge is 0.251 e. The molecular weight excluding hydrogens is 450 g/mol. The van der Waals surface area contributed by atoms with Gasteiger partial charge in [0, 0.05) is 18.3 Å². The molecule has 0 radical (unpaired) electrons. The van der Waals surface area contributed by atoms with Crippen LogP contribution in [0.1, 0.15) is 27.2 Å². The molecule has 34 heavy (non-hydrogen) atoms. The lowest BCUT2D eigenvalue weighted by molar-refractivity contribution is -0.139. The number of hydrogen-bond acceptors (Lipinski definition) is 6. The number of nitrogens with zero attached hydrogens (tertiary/aromatic N) is 3. The third-order valence-electron chi connectivity index (χ3n) is 5.46. The van der Waals surface area contributed by atoms with Crippen molar-refractivity contribution in [2.45, 2.75) is 51.7 Å². The van der Waals surface area contributed by atoms with Crippen LogP contribution in [0.5, 0.6) is 5.75 Å². The average molecular weight is 476 g/mol. The number of carbonyl (C=O) groups excluding carboxylic acids is 2. The largest absolute Gasteiger partial charge is 0.453 e. The Morgan fingerprint density at radius 1 is 1.32 bits per heavy atom. The van der Waals surface area contributed by atoms with Crippen molar-refractivity contribution >= 4 is 17.6 Å². The average Bonchev–Trinajstić information content (AvgIpc) is 3.45. The molecule has 2 aliphatic rings. The van der Waals surface area contributed by atoms with Crippen molar-refractivity contribution in [2.24, 2.45) is 0 Å². The van der Waals surface area contributed by atoms with Gasteiger partial charge >= 0.3 is 0 Å². The highest BCUT2D eigenvalue weighted by atomic mass is 19.1. The van der Waals surface area contributed by atoms with E-state index in [1.807, 2.05) is 13.8 Å². The highest BCUT2D eigenvalue weighted by Crippen LogP contribution is 2.26. The van der Waals surface area contributed by atoms with Gasteiger partial charge in [0.05, 0.1) is 19.7 Å². The number of anilines is 1. The molecule has 0 spiro atoms. The fraction of sp³-hybridized carbons (Fsp3) is 0.435. The van der Waals surface area contributed by atoms with E-state index >= 15 is 0 Å². The number of hydrogen-bond donors (Lipinski definition) is 1. The molecule has 3 heterocycles. The summed E-state index contributed by atoms with van der Waals surface area (Å²) in [6.45, 7) is 6.23. The molecule has 1 N–H and O–H groups in total. The van der Waals surface area contributed by atoms with Crippen molar-refractivity contribution in [3.8, 4) is 5.75 Å². The summed E-state index contributed by atoms with van der Waals surface area (Å²) in [5.74, 6) is -3.55. The number of rotatable bonds is 8. The third-order valence-corrected chi connectivity index (χ3v) is 5.46. The summed E-state index contributed by atoms with van der Waals surface area (Å²) < 4.78 is 46.0. The number of ether oxygens (including phenoxy) is 3. The van der Waals surface area contributed by atoms with E-state index in [4.69, 9.17) is 14.2 Å². The molecule has 4 rings (SSSR count). The molecular formula is C23H26F2N4O5. The van der Waals surface area contributed by atoms with E-state index in [0.29, 0.717) is 25.4 Å². The predicted octanol–water partition coefficient (Wildman–Crippen LogP) is 2.84. The summed E-state index contributed by atoms with van der Waals surface area (Å²) in [4.78, 5) is 26.7. The lowest BCUT2D eigenvalue weighted by Gasteiger charge is -2.25. The van der Waals surface area contributed by atoms with Gasteiger partial charge in [0.2, 0.25) is 5.91 Å². The van der Waals surface area contributed by atoms with Crippen LogP contribution in [0.4, 0.5) is 14.6 Å². The van der Waals surface area contributed by atoms with Crippen molar-refractivity contribution in [3.05, 3.63) is 53.9 Å². The molecule has 1 saturated heterocycles. The first kappa shape index (κ1) is 23.8. The standard InChI is InChI=1S/C23H26F2N4O5/c1-4-18(29-12-14(10-20(29)30)33-21-16(24)6-5-7-17(21)25)22(31)26-19-8-9-28(27-19)11-15-13-32-23(2,3)34-15/h5-10,15,18H,4,11-13H2,1-3H3,(H,26,27,31)/t15-,18+/m1/s1. The van der Waals surface area contributed by atoms with Crippen LogP contribution in [-0.2, 0) is 25.6 Å². The first-order valence-corrected chi connectivity index (χ1v) is 10.9. The summed E-state index contributed by atoms with van der Waals surface area (Å²) in [5, 5.41) is 7.05. The van der Waals surface area contributed by atoms with Gasteiger partial charge in [-0.2, -0.15) is 5.10 Å². The van der Waals surface area contributed by atoms with E-state index in [1.54, 1.807) is 23.9 Å². The van der Waals surface area contributed by atoms with E-state index in [0.717, 1.165) is 18.2 Å². The minimum atomic E-state index is -0.884. The summed E-state index contributed by atoms with van der Waals surface area (Å²) in [5.41, 5.74) is 0. The molecule has 0 bridgehead atoms. The van der Waals surface area contributed by atoms with Gasteiger partial charge in [-0.15, -0.1) is 0 Å². The molecule has 2 aromatic rings. The Morgan fingerprint density at radius 2 is 2.06 bits per heavy atom. The van der Waals surface area contributed by atoms with Crippen LogP contribution in [0.25, 0.3) is 0 Å². The van der Waals surface area contributed by atoms with Crippen molar-refractivity contribution in [1.29, 1.82) is 0 Å². The van der Waals surface area contributed by atoms with Gasteiger partial charge in [-0.3, -0.25) is 14.3 Å². The maximum Gasteiger partial charge on any atom is 0.251 e. The second-order valence-corrected chi connectivity index (χ2v) is 8.52. The van der Waals surface area contributed by atoms with Crippen LogP contribution in [0.15, 0.2) is 42.3 Å². The summed E-state index contributed by atoms with van der Waals surface area (Å²) in [6.07, 6.45) is 2.99. The van der Waals surface area contributed by atoms with Gasteiger partial charge in [-0.1, -0.05) is 13.0 Å². The van der Waals surface area contributed by atoms with E-state index in [2.05, 4.69) is 10.4 Å². The van der Waals surface area contributed by atoms with Crippen LogP contribution in [-0.4, -0.2) is 57.6 Å². The fourth-order valence-corrected chi connectivity index (χ4v) is 3.90. The van der Waals surface area contributed by atoms with Crippen LogP contribution < -0.4 is 10.1 Å². The Kier molecular flexibility index (Phi) is 6.67. The topological polar surface area (TPSA) is 94.9 Å². The van der Waals surface area contributed by atoms with Crippen molar-refractivity contribution < 1.29 is 32.6 Å². The van der Waals surface area contributed by atoms with Crippen molar-refractivity contribution in [3.63, 3.8) is 0 Å². The minimum Gasteiger partial charge on any atom is -0.453 e. The maximum atomic E-state index is 13.9. The Labute approximate surface area is 195 Å². The van der Waals surface area contributed by atoms with Crippen molar-refractivity contribution in [1.82, 2.24) is 14.7 Å². The Hall–Kier alpha value is -3.31. The first-order chi connectivity index (χ1) is 16.1. The number of para-hydroxylation sites is 1. The Bertz CT molecular complexity index is 1100. The fourth-order valence-electron chi connectivity index (χ4n) is 3.90. The number of amides is 2. The lowest BCUT2D eigenvalue weighted by Crippen LogP contribution is -2.45. The lowest BCUT2D eigenvalue weighted by atomic mass is 10.2. The normalized spacial score (nSPS) is 20.4. The number of aromatic nitrogens is 2. The molecule has 2 amide bonds. The molecule has 182 valence electrons. The molecule has 1 fully saturated rings. The second-order valence-electron chi connectivity index (χ2n) is 8.52. The number of carbonyl (C=O) groups is 2. The molecule has 11 heteroatoms. The molecule has 2 aliphatic heterocycles. The van der Waals surface area contributed by atoms with Gasteiger partial charge in [0.15, 0.2) is 29.0 Å². The second kappa shape index (κ2) is 9.51. The van der Waals surface area contributed by atoms with Gasteiger partial charge in [-0.25, -0.2) is 8.78 Å². The van der Waals surface area contributed by atoms with Gasteiger partial charge in [0.1, 0.15) is 17.9 Å². The molecule has 0 unspecified atom stereocenters. The van der Waals surface area contributed by atoms with E-state index in [1.165, 1.54) is 11.0 Å². The zero-order chi connectivity index (χ0) is 24.5. The van der Waals surface area contributed by atoms with Crippen LogP contribution >= 0.6 is 0 Å². The zero-order valence-corrected chi connectivity index (χ0v) is 19.1. The monoisotopic (exact) mass is 476 g/mol. The predicted molar refractivity (Wildman–Crippen MR) is 117 cm³/mol. The minimum absolute atomic E-state index is 0.0474.